The predicted molar refractivity (Wildman–Crippen MR) is 24.8 cm³/mol. The molecule has 0 atom stereocenters. The van der Waals surface area contributed by atoms with Crippen LogP contribution in [0.3, 0.4) is 0 Å². The van der Waals surface area contributed by atoms with Gasteiger partial charge in [0.15, 0.2) is 0 Å². The summed E-state index contributed by atoms with van der Waals surface area (Å²) >= 11 is 0. The van der Waals surface area contributed by atoms with Gasteiger partial charge in [0.05, 0.1) is 0 Å². The van der Waals surface area contributed by atoms with Gasteiger partial charge in [-0.1, -0.05) is 0 Å². The Morgan fingerprint density at radius 3 is 0.417 bits per heavy atom. The van der Waals surface area contributed by atoms with E-state index in [1.807, 2.05) is 0 Å². The first-order chi connectivity index (χ1) is 5.00. The Morgan fingerprint density at radius 1 is 0.417 bits per heavy atom. The summed E-state index contributed by atoms with van der Waals surface area (Å²) in [5.41, 5.74) is 0. The van der Waals surface area contributed by atoms with Gasteiger partial charge in [-0.3, -0.25) is 0 Å². The van der Waals surface area contributed by atoms with E-state index in [1.165, 1.54) is 0 Å². The zero-order chi connectivity index (χ0) is 10.0. The van der Waals surface area contributed by atoms with Crippen molar-refractivity contribution in [3.05, 3.63) is 32.9 Å². The standard InChI is InChI=1S/5CN.Co.Cr/c5*1-2;;/q5*-1;+2;+3. The van der Waals surface area contributed by atoms with Crippen LogP contribution in [0.2, 0.25) is 0 Å². The molecule has 0 fully saturated rings. The molecule has 0 saturated heterocycles. The predicted octanol–water partition coefficient (Wildman–Crippen LogP) is 0.477. The molecule has 60 valence electrons. The minimum atomic E-state index is 0. The molecule has 0 aliphatic heterocycles. The van der Waals surface area contributed by atoms with E-state index < -0.39 is 0 Å². The van der Waals surface area contributed by atoms with Crippen LogP contribution in [0.5, 0.6) is 0 Å². The van der Waals surface area contributed by atoms with E-state index in [1.54, 1.807) is 0 Å². The number of hydrogen-bond acceptors (Lipinski definition) is 5. The second-order valence-electron chi connectivity index (χ2n) is 0. The molecule has 7 heteroatoms. The zero-order valence-electron chi connectivity index (χ0n) is 5.48. The number of nitrogens with zero attached hydrogens (tertiary/aromatic N) is 5. The molecule has 0 heterocycles. The van der Waals surface area contributed by atoms with Crippen molar-refractivity contribution in [2.45, 2.75) is 0 Å². The molecule has 0 unspecified atom stereocenters. The summed E-state index contributed by atoms with van der Waals surface area (Å²) in [7, 11) is 0. The summed E-state index contributed by atoms with van der Waals surface area (Å²) in [6, 6.07) is 0. The SMILES string of the molecule is [C-]#N.[C-]#N.[C-]#N.[C-]#N.[C-]#N.[Co+2].[Cr+3]. The van der Waals surface area contributed by atoms with Gasteiger partial charge in [-0.2, -0.15) is 0 Å². The van der Waals surface area contributed by atoms with Crippen LogP contribution >= 0.6 is 0 Å². The van der Waals surface area contributed by atoms with Gasteiger partial charge in [0, 0.05) is 0 Å². The summed E-state index contributed by atoms with van der Waals surface area (Å²) in [5.74, 6) is 0. The smallest absolute Gasteiger partial charge is 0.512 e. The molecule has 0 bridgehead atoms. The summed E-state index contributed by atoms with van der Waals surface area (Å²) in [6.45, 7) is 23.8. The maximum Gasteiger partial charge on any atom is 3.00 e. The van der Waals surface area contributed by atoms with Crippen molar-refractivity contribution in [1.82, 2.24) is 0 Å². The fourth-order valence-corrected chi connectivity index (χ4v) is 0. The first-order valence-corrected chi connectivity index (χ1v) is 1.12. The maximum atomic E-state index is 6.25. The summed E-state index contributed by atoms with van der Waals surface area (Å²) in [5, 5.41) is 31.2. The van der Waals surface area contributed by atoms with Crippen LogP contribution in [0.15, 0.2) is 0 Å². The number of rotatable bonds is 0. The largest absolute Gasteiger partial charge is 3.00 e. The Balaban J connectivity index is -0.00000000500. The fourth-order valence-electron chi connectivity index (χ4n) is 0. The molecule has 0 saturated carbocycles. The van der Waals surface area contributed by atoms with E-state index >= 15 is 0 Å². The van der Waals surface area contributed by atoms with E-state index in [9.17, 15) is 0 Å². The van der Waals surface area contributed by atoms with E-state index in [0.29, 0.717) is 0 Å². The van der Waals surface area contributed by atoms with Crippen LogP contribution in [-0.4, -0.2) is 0 Å². The van der Waals surface area contributed by atoms with Crippen molar-refractivity contribution in [2.75, 3.05) is 0 Å². The molecule has 0 aliphatic rings. The molecule has 5 nitrogen and oxygen atoms in total. The first-order valence-electron chi connectivity index (χ1n) is 1.12. The molecule has 0 N–H and O–H groups in total. The zero-order valence-corrected chi connectivity index (χ0v) is 7.79. The van der Waals surface area contributed by atoms with Crippen molar-refractivity contribution in [3.8, 4) is 0 Å². The summed E-state index contributed by atoms with van der Waals surface area (Å²) in [6.07, 6.45) is 0. The molecular weight excluding hydrogens is 241 g/mol. The fraction of sp³-hybridized carbons (Fsp3) is 0. The third-order valence-electron chi connectivity index (χ3n) is 0. The second-order valence-corrected chi connectivity index (χ2v) is 0. The summed E-state index contributed by atoms with van der Waals surface area (Å²) in [4.78, 5) is 0. The molecule has 0 aromatic heterocycles. The van der Waals surface area contributed by atoms with Gasteiger partial charge in [0.25, 0.3) is 0 Å². The molecule has 2 radical (unpaired) electrons. The normalized spacial score (nSPS) is 0.833. The van der Waals surface area contributed by atoms with Crippen LogP contribution in [0.25, 0.3) is 0 Å². The van der Waals surface area contributed by atoms with Gasteiger partial charge in [-0.15, -0.1) is 0 Å². The Hall–Kier alpha value is -1.51. The van der Waals surface area contributed by atoms with Crippen LogP contribution in [-0.2, 0) is 34.1 Å². The van der Waals surface area contributed by atoms with Crippen molar-refractivity contribution in [2.24, 2.45) is 0 Å². The molecule has 0 aromatic carbocycles. The van der Waals surface area contributed by atoms with Gasteiger partial charge in [0.2, 0.25) is 0 Å². The van der Waals surface area contributed by atoms with E-state index in [0.717, 1.165) is 0 Å². The second kappa shape index (κ2) is 299. The van der Waals surface area contributed by atoms with Crippen molar-refractivity contribution in [3.63, 3.8) is 0 Å². The van der Waals surface area contributed by atoms with E-state index in [2.05, 4.69) is 0 Å². The van der Waals surface area contributed by atoms with Crippen LogP contribution in [0, 0.1) is 59.2 Å². The molecule has 0 aromatic rings. The monoisotopic (exact) mass is 241 g/mol. The van der Waals surface area contributed by atoms with Gasteiger partial charge in [-0.25, -0.2) is 0 Å². The average Bonchev–Trinajstić information content (AvgIpc) is 2.20. The van der Waals surface area contributed by atoms with E-state index in [4.69, 9.17) is 59.2 Å². The third kappa shape index (κ3) is 209. The van der Waals surface area contributed by atoms with E-state index in [-0.39, 0.29) is 34.1 Å². The maximum absolute atomic E-state index is 6.25. The minimum absolute atomic E-state index is 0. The van der Waals surface area contributed by atoms with Crippen LogP contribution < -0.4 is 0 Å². The molecule has 0 spiro atoms. The third-order valence-corrected chi connectivity index (χ3v) is 0. The van der Waals surface area contributed by atoms with Gasteiger partial charge in [-0.05, 0) is 0 Å². The van der Waals surface area contributed by atoms with Gasteiger partial charge < -0.3 is 59.2 Å². The topological polar surface area (TPSA) is 119 Å². The van der Waals surface area contributed by atoms with Crippen molar-refractivity contribution in [1.29, 1.82) is 26.3 Å². The van der Waals surface area contributed by atoms with Crippen LogP contribution in [0.4, 0.5) is 0 Å². The van der Waals surface area contributed by atoms with Crippen molar-refractivity contribution < 1.29 is 34.1 Å². The summed E-state index contributed by atoms with van der Waals surface area (Å²) < 4.78 is 0. The van der Waals surface area contributed by atoms with Crippen LogP contribution in [0.1, 0.15) is 0 Å². The Morgan fingerprint density at radius 2 is 0.417 bits per heavy atom. The molecule has 0 amide bonds. The Bertz CT molecular complexity index is 78.4. The van der Waals surface area contributed by atoms with Crippen molar-refractivity contribution >= 4 is 0 Å². The quantitative estimate of drug-likeness (QED) is 0.571. The number of hydrogen-bond donors (Lipinski definition) is 0. The minimum Gasteiger partial charge on any atom is -0.512 e. The van der Waals surface area contributed by atoms with Gasteiger partial charge >= 0.3 is 34.1 Å². The first kappa shape index (κ1) is 77.6. The molecular formula is C5CoCrN5. The Kier molecular flexibility index (Phi) is 1940. The molecule has 12 heavy (non-hydrogen) atoms. The van der Waals surface area contributed by atoms with Gasteiger partial charge in [0.1, 0.15) is 0 Å². The molecule has 0 aliphatic carbocycles. The average molecular weight is 241 g/mol. The molecule has 0 rings (SSSR count). The Labute approximate surface area is 93.4 Å².